The summed E-state index contributed by atoms with van der Waals surface area (Å²) in [5.74, 6) is 0. The third kappa shape index (κ3) is 6.77. The Bertz CT molecular complexity index is 1670. The minimum Gasteiger partial charge on any atom is -0.372 e. The summed E-state index contributed by atoms with van der Waals surface area (Å²) in [4.78, 5) is 16.5. The molecular weight excluding hydrogens is 628 g/mol. The lowest BCUT2D eigenvalue weighted by molar-refractivity contribution is -0.385. The van der Waals surface area contributed by atoms with E-state index in [0.29, 0.717) is 56.1 Å². The molecule has 1 aliphatic rings. The number of pyridine rings is 1. The number of halogens is 1. The average molecular weight is 658 g/mol. The Morgan fingerprint density at radius 3 is 2.52 bits per heavy atom. The molecule has 1 N–H and O–H groups in total. The number of sulfonamides is 2. The van der Waals surface area contributed by atoms with E-state index in [1.54, 1.807) is 35.8 Å². The number of piperazine rings is 1. The molecule has 0 saturated carbocycles. The van der Waals surface area contributed by atoms with E-state index in [0.717, 1.165) is 10.5 Å². The van der Waals surface area contributed by atoms with Gasteiger partial charge in [0.15, 0.2) is 0 Å². The highest BCUT2D eigenvalue weighted by Gasteiger charge is 2.26. The molecular formula is C23H29BrN8O6S2. The van der Waals surface area contributed by atoms with Crippen LogP contribution in [0.15, 0.2) is 57.2 Å². The van der Waals surface area contributed by atoms with E-state index in [-0.39, 0.29) is 16.3 Å². The molecule has 0 spiro atoms. The van der Waals surface area contributed by atoms with Crippen LogP contribution in [0.1, 0.15) is 12.5 Å². The number of nitro groups is 1. The largest absolute Gasteiger partial charge is 0.372 e. The molecule has 0 aliphatic carbocycles. The zero-order valence-corrected chi connectivity index (χ0v) is 25.3. The maximum atomic E-state index is 13.4. The van der Waals surface area contributed by atoms with Crippen molar-refractivity contribution in [3.8, 4) is 0 Å². The van der Waals surface area contributed by atoms with Crippen LogP contribution in [0.25, 0.3) is 5.52 Å². The maximum Gasteiger partial charge on any atom is 0.278 e. The van der Waals surface area contributed by atoms with Crippen molar-refractivity contribution in [1.29, 1.82) is 0 Å². The summed E-state index contributed by atoms with van der Waals surface area (Å²) < 4.78 is 54.2. The molecule has 1 aliphatic heterocycles. The van der Waals surface area contributed by atoms with E-state index in [2.05, 4.69) is 35.9 Å². The van der Waals surface area contributed by atoms with Gasteiger partial charge < -0.3 is 4.90 Å². The Morgan fingerprint density at radius 1 is 1.18 bits per heavy atom. The minimum absolute atomic E-state index is 0.264. The van der Waals surface area contributed by atoms with Gasteiger partial charge in [-0.3, -0.25) is 15.0 Å². The zero-order valence-electron chi connectivity index (χ0n) is 22.1. The summed E-state index contributed by atoms with van der Waals surface area (Å²) in [7, 11) is -5.87. The van der Waals surface area contributed by atoms with E-state index in [4.69, 9.17) is 0 Å². The fraction of sp³-hybridized carbons (Fsp3) is 0.391. The minimum atomic E-state index is -4.31. The number of benzene rings is 1. The van der Waals surface area contributed by atoms with Gasteiger partial charge in [0.2, 0.25) is 10.0 Å². The number of nitrogens with zero attached hydrogens (tertiary/aromatic N) is 7. The van der Waals surface area contributed by atoms with E-state index in [1.807, 2.05) is 12.1 Å². The normalized spacial score (nSPS) is 15.8. The first-order valence-corrected chi connectivity index (χ1v) is 16.2. The molecule has 1 aromatic carbocycles. The van der Waals surface area contributed by atoms with Crippen molar-refractivity contribution in [3.05, 3.63) is 62.9 Å². The van der Waals surface area contributed by atoms with Gasteiger partial charge in [-0.1, -0.05) is 15.9 Å². The first-order valence-electron chi connectivity index (χ1n) is 12.1. The molecule has 0 unspecified atom stereocenters. The first-order chi connectivity index (χ1) is 18.8. The van der Waals surface area contributed by atoms with E-state index in [9.17, 15) is 26.9 Å². The number of nitrogens with one attached hydrogen (secondary N) is 1. The van der Waals surface area contributed by atoms with Crippen LogP contribution in [0.3, 0.4) is 0 Å². The number of rotatable bonds is 10. The van der Waals surface area contributed by atoms with Crippen LogP contribution < -0.4 is 9.73 Å². The van der Waals surface area contributed by atoms with Crippen LogP contribution in [-0.2, 0) is 20.0 Å². The summed E-state index contributed by atoms with van der Waals surface area (Å²) in [6, 6.07) is 7.30. The molecule has 4 rings (SSSR count). The smallest absolute Gasteiger partial charge is 0.278 e. The molecule has 1 saturated heterocycles. The van der Waals surface area contributed by atoms with Crippen molar-refractivity contribution in [3.63, 3.8) is 0 Å². The van der Waals surface area contributed by atoms with E-state index in [1.165, 1.54) is 22.7 Å². The Morgan fingerprint density at radius 2 is 1.88 bits per heavy atom. The van der Waals surface area contributed by atoms with Crippen molar-refractivity contribution < 1.29 is 21.8 Å². The molecule has 14 nitrogen and oxygen atoms in total. The highest BCUT2D eigenvalue weighted by atomic mass is 79.9. The van der Waals surface area contributed by atoms with Gasteiger partial charge in [0.05, 0.1) is 34.3 Å². The molecule has 1 fully saturated rings. The molecule has 3 heterocycles. The summed E-state index contributed by atoms with van der Waals surface area (Å²) in [6.45, 7) is 4.42. The average Bonchev–Trinajstić information content (AvgIpc) is 3.33. The molecule has 3 aromatic rings. The second kappa shape index (κ2) is 11.8. The highest BCUT2D eigenvalue weighted by molar-refractivity contribution is 9.10. The zero-order chi connectivity index (χ0) is 29.2. The molecule has 0 amide bonds. The van der Waals surface area contributed by atoms with Crippen molar-refractivity contribution in [1.82, 2.24) is 23.7 Å². The lowest BCUT2D eigenvalue weighted by Gasteiger charge is -2.34. The van der Waals surface area contributed by atoms with Gasteiger partial charge in [-0.05, 0) is 25.1 Å². The summed E-state index contributed by atoms with van der Waals surface area (Å²) in [6.07, 6.45) is 4.50. The number of hydrogen-bond acceptors (Lipinski definition) is 10. The van der Waals surface area contributed by atoms with Gasteiger partial charge in [0.1, 0.15) is 4.90 Å². The van der Waals surface area contributed by atoms with Gasteiger partial charge in [-0.15, -0.1) is 0 Å². The lowest BCUT2D eigenvalue weighted by Crippen LogP contribution is -2.49. The third-order valence-electron chi connectivity index (χ3n) is 6.61. The van der Waals surface area contributed by atoms with Crippen molar-refractivity contribution >= 4 is 58.6 Å². The Kier molecular flexibility index (Phi) is 8.79. The fourth-order valence-corrected chi connectivity index (χ4v) is 6.61. The van der Waals surface area contributed by atoms with Crippen molar-refractivity contribution in [2.45, 2.75) is 11.8 Å². The Balaban J connectivity index is 1.54. The highest BCUT2D eigenvalue weighted by Crippen LogP contribution is 2.29. The van der Waals surface area contributed by atoms with Gasteiger partial charge in [0, 0.05) is 74.7 Å². The predicted molar refractivity (Wildman–Crippen MR) is 155 cm³/mol. The quantitative estimate of drug-likeness (QED) is 0.194. The van der Waals surface area contributed by atoms with Crippen molar-refractivity contribution in [2.75, 3.05) is 57.5 Å². The first kappa shape index (κ1) is 29.9. The number of hydrazone groups is 1. The van der Waals surface area contributed by atoms with Crippen LogP contribution in [0.5, 0.6) is 0 Å². The van der Waals surface area contributed by atoms with E-state index >= 15 is 0 Å². The number of hydrogen-bond donors (Lipinski definition) is 1. The number of anilines is 1. The van der Waals surface area contributed by atoms with E-state index < -0.39 is 25.0 Å². The van der Waals surface area contributed by atoms with Crippen LogP contribution in [0, 0.1) is 10.1 Å². The lowest BCUT2D eigenvalue weighted by atomic mass is 10.2. The molecule has 0 atom stereocenters. The number of likely N-dealkylation sites (N-methyl/N-ethyl adjacent to an activating group) is 1. The molecule has 17 heteroatoms. The topological polar surface area (TPSA) is 163 Å². The third-order valence-corrected chi connectivity index (χ3v) is 9.65. The van der Waals surface area contributed by atoms with Crippen molar-refractivity contribution in [2.24, 2.45) is 5.10 Å². The van der Waals surface area contributed by atoms with Crippen LogP contribution in [0.4, 0.5) is 11.4 Å². The maximum absolute atomic E-state index is 13.4. The Labute approximate surface area is 240 Å². The molecule has 40 heavy (non-hydrogen) atoms. The summed E-state index contributed by atoms with van der Waals surface area (Å²) in [5.41, 5.74) is 1.56. The van der Waals surface area contributed by atoms with Crippen LogP contribution in [-0.4, -0.2) is 98.9 Å². The second-order valence-corrected chi connectivity index (χ2v) is 13.9. The summed E-state index contributed by atoms with van der Waals surface area (Å²) in [5, 5.41) is 19.8. The molecule has 0 bridgehead atoms. The SMILES string of the molecule is CC(=NNS(=O)(=O)c1cc([N+](=O)[O-])ccc1N(C)CCN1CCN(S(C)(=O)=O)CC1)c1cnn2ccc(Br)cc12. The van der Waals surface area contributed by atoms with Gasteiger partial charge >= 0.3 is 0 Å². The van der Waals surface area contributed by atoms with Gasteiger partial charge in [-0.25, -0.2) is 12.9 Å². The number of fused-ring (bicyclic) bond motifs is 1. The standard InChI is InChI=1S/C23H29BrN8O6S2/c1-17(20-16-25-31-7-6-18(24)14-22(20)31)26-27-40(37,38)23-15-19(32(33)34)4-5-21(23)28(2)8-9-29-10-12-30(13-11-29)39(3,35)36/h4-7,14-16,27H,8-13H2,1-3H3. The Hall–Kier alpha value is -3.12. The van der Waals surface area contributed by atoms with Gasteiger partial charge in [-0.2, -0.15) is 27.8 Å². The second-order valence-electron chi connectivity index (χ2n) is 9.36. The van der Waals surface area contributed by atoms with Crippen LogP contribution >= 0.6 is 15.9 Å². The monoisotopic (exact) mass is 656 g/mol. The summed E-state index contributed by atoms with van der Waals surface area (Å²) >= 11 is 3.41. The number of aromatic nitrogens is 2. The van der Waals surface area contributed by atoms with Crippen LogP contribution in [0.2, 0.25) is 0 Å². The number of non-ortho nitro benzene ring substituents is 1. The molecule has 0 radical (unpaired) electrons. The fourth-order valence-electron chi connectivity index (χ4n) is 4.32. The number of nitro benzene ring substituents is 1. The molecule has 216 valence electrons. The molecule has 2 aromatic heterocycles. The predicted octanol–water partition coefficient (Wildman–Crippen LogP) is 1.72. The van der Waals surface area contributed by atoms with Gasteiger partial charge in [0.25, 0.3) is 15.7 Å².